The molecule has 0 fully saturated rings. The molecule has 4 nitrogen and oxygen atoms in total. The van der Waals surface area contributed by atoms with Gasteiger partial charge in [0.15, 0.2) is 0 Å². The molecule has 2 aromatic carbocycles. The molecule has 0 aliphatic carbocycles. The van der Waals surface area contributed by atoms with Crippen molar-refractivity contribution in [3.63, 3.8) is 0 Å². The molecule has 1 amide bonds. The minimum atomic E-state index is -0.115. The van der Waals surface area contributed by atoms with Gasteiger partial charge in [0.25, 0.3) is 5.91 Å². The molecule has 0 spiro atoms. The highest BCUT2D eigenvalue weighted by atomic mass is 32.2. The van der Waals surface area contributed by atoms with Crippen LogP contribution < -0.4 is 5.32 Å². The molecule has 0 atom stereocenters. The predicted molar refractivity (Wildman–Crippen MR) is 86.9 cm³/mol. The van der Waals surface area contributed by atoms with Crippen molar-refractivity contribution in [3.8, 4) is 0 Å². The lowest BCUT2D eigenvalue weighted by molar-refractivity contribution is 0.102. The highest BCUT2D eigenvalue weighted by Gasteiger charge is 2.10. The molecule has 3 aromatic rings. The van der Waals surface area contributed by atoms with Gasteiger partial charge in [0.2, 0.25) is 0 Å². The van der Waals surface area contributed by atoms with E-state index in [4.69, 9.17) is 0 Å². The van der Waals surface area contributed by atoms with Gasteiger partial charge in [-0.3, -0.25) is 4.79 Å². The zero-order valence-electron chi connectivity index (χ0n) is 11.6. The molecule has 5 heteroatoms. The Labute approximate surface area is 127 Å². The second kappa shape index (κ2) is 6.01. The largest absolute Gasteiger partial charge is 0.345 e. The monoisotopic (exact) mass is 297 g/mol. The molecule has 1 aromatic heterocycles. The molecule has 3 rings (SSSR count). The number of anilines is 1. The summed E-state index contributed by atoms with van der Waals surface area (Å²) in [4.78, 5) is 20.6. The van der Waals surface area contributed by atoms with Gasteiger partial charge in [-0.15, -0.1) is 11.8 Å². The van der Waals surface area contributed by atoms with Gasteiger partial charge in [-0.2, -0.15) is 0 Å². The van der Waals surface area contributed by atoms with Crippen molar-refractivity contribution in [2.24, 2.45) is 0 Å². The van der Waals surface area contributed by atoms with Crippen molar-refractivity contribution in [1.82, 2.24) is 9.97 Å². The molecular weight excluding hydrogens is 282 g/mol. The first-order chi connectivity index (χ1) is 10.3. The number of hydrogen-bond acceptors (Lipinski definition) is 3. The Bertz CT molecular complexity index is 782. The molecule has 0 radical (unpaired) electrons. The van der Waals surface area contributed by atoms with E-state index in [0.29, 0.717) is 5.56 Å². The van der Waals surface area contributed by atoms with Crippen LogP contribution in [0.25, 0.3) is 11.0 Å². The van der Waals surface area contributed by atoms with Gasteiger partial charge < -0.3 is 10.3 Å². The van der Waals surface area contributed by atoms with Crippen LogP contribution in [-0.2, 0) is 0 Å². The Morgan fingerprint density at radius 3 is 3.00 bits per heavy atom. The van der Waals surface area contributed by atoms with E-state index in [0.717, 1.165) is 27.4 Å². The molecule has 2 N–H and O–H groups in total. The number of aromatic nitrogens is 2. The number of nitrogens with one attached hydrogen (secondary N) is 2. The van der Waals surface area contributed by atoms with Crippen LogP contribution in [0.4, 0.5) is 5.69 Å². The van der Waals surface area contributed by atoms with Crippen molar-refractivity contribution in [1.29, 1.82) is 0 Å². The molecule has 0 aliphatic rings. The Hall–Kier alpha value is -2.27. The Morgan fingerprint density at radius 1 is 1.29 bits per heavy atom. The highest BCUT2D eigenvalue weighted by molar-refractivity contribution is 7.99. The smallest absolute Gasteiger partial charge is 0.255 e. The van der Waals surface area contributed by atoms with E-state index >= 15 is 0 Å². The topological polar surface area (TPSA) is 57.8 Å². The van der Waals surface area contributed by atoms with Crippen molar-refractivity contribution in [2.75, 3.05) is 11.1 Å². The maximum Gasteiger partial charge on any atom is 0.255 e. The van der Waals surface area contributed by atoms with Gasteiger partial charge in [0.05, 0.1) is 23.0 Å². The van der Waals surface area contributed by atoms with Crippen LogP contribution in [0.5, 0.6) is 0 Å². The summed E-state index contributed by atoms with van der Waals surface area (Å²) < 4.78 is 0. The zero-order valence-corrected chi connectivity index (χ0v) is 12.4. The Morgan fingerprint density at radius 2 is 2.14 bits per heavy atom. The molecule has 21 heavy (non-hydrogen) atoms. The lowest BCUT2D eigenvalue weighted by Gasteiger charge is -2.10. The number of carbonyl (C=O) groups excluding carboxylic acids is 1. The van der Waals surface area contributed by atoms with E-state index < -0.39 is 0 Å². The Balaban J connectivity index is 1.85. The standard InChI is InChI=1S/C16H15N3OS/c1-2-21-15-6-4-3-5-13(15)19-16(20)11-7-8-12-14(9-11)18-10-17-12/h3-10H,2H2,1H3,(H,17,18)(H,19,20). The maximum atomic E-state index is 12.4. The normalized spacial score (nSPS) is 10.7. The number of carbonyl (C=O) groups is 1. The van der Waals surface area contributed by atoms with Crippen molar-refractivity contribution in [3.05, 3.63) is 54.4 Å². The van der Waals surface area contributed by atoms with Gasteiger partial charge >= 0.3 is 0 Å². The summed E-state index contributed by atoms with van der Waals surface area (Å²) in [7, 11) is 0. The average molecular weight is 297 g/mol. The first kappa shape index (κ1) is 13.7. The molecule has 0 unspecified atom stereocenters. The van der Waals surface area contributed by atoms with Crippen molar-refractivity contribution < 1.29 is 4.79 Å². The number of rotatable bonds is 4. The van der Waals surface area contributed by atoms with Crippen LogP contribution in [0.3, 0.4) is 0 Å². The summed E-state index contributed by atoms with van der Waals surface area (Å²) in [5, 5.41) is 2.97. The lowest BCUT2D eigenvalue weighted by atomic mass is 10.2. The molecule has 0 aliphatic heterocycles. The van der Waals surface area contributed by atoms with Crippen LogP contribution in [-0.4, -0.2) is 21.6 Å². The van der Waals surface area contributed by atoms with E-state index in [1.165, 1.54) is 0 Å². The van der Waals surface area contributed by atoms with E-state index in [1.807, 2.05) is 36.4 Å². The van der Waals surface area contributed by atoms with Crippen LogP contribution in [0.1, 0.15) is 17.3 Å². The number of benzene rings is 2. The van der Waals surface area contributed by atoms with Gasteiger partial charge in [-0.25, -0.2) is 4.98 Å². The number of thioether (sulfide) groups is 1. The molecule has 1 heterocycles. The second-order valence-corrected chi connectivity index (χ2v) is 5.82. The van der Waals surface area contributed by atoms with E-state index in [2.05, 4.69) is 22.2 Å². The number of imidazole rings is 1. The molecule has 0 saturated heterocycles. The molecular formula is C16H15N3OS. The average Bonchev–Trinajstić information content (AvgIpc) is 2.97. The van der Waals surface area contributed by atoms with Crippen molar-refractivity contribution >= 4 is 34.4 Å². The fourth-order valence-electron chi connectivity index (χ4n) is 2.12. The molecule has 0 saturated carbocycles. The fourth-order valence-corrected chi connectivity index (χ4v) is 2.88. The van der Waals surface area contributed by atoms with E-state index in [1.54, 1.807) is 24.2 Å². The first-order valence-corrected chi connectivity index (χ1v) is 7.73. The third kappa shape index (κ3) is 2.92. The summed E-state index contributed by atoms with van der Waals surface area (Å²) in [5.41, 5.74) is 3.18. The van der Waals surface area contributed by atoms with Crippen molar-refractivity contribution in [2.45, 2.75) is 11.8 Å². The third-order valence-corrected chi connectivity index (χ3v) is 4.07. The van der Waals surface area contributed by atoms with Crippen LogP contribution in [0.2, 0.25) is 0 Å². The van der Waals surface area contributed by atoms with E-state index in [9.17, 15) is 4.79 Å². The summed E-state index contributed by atoms with van der Waals surface area (Å²) in [5.74, 6) is 0.850. The van der Waals surface area contributed by atoms with Crippen LogP contribution in [0.15, 0.2) is 53.7 Å². The van der Waals surface area contributed by atoms with Crippen LogP contribution >= 0.6 is 11.8 Å². The number of hydrogen-bond donors (Lipinski definition) is 2. The third-order valence-electron chi connectivity index (χ3n) is 3.12. The predicted octanol–water partition coefficient (Wildman–Crippen LogP) is 3.93. The van der Waals surface area contributed by atoms with Crippen LogP contribution in [0, 0.1) is 0 Å². The number of amides is 1. The molecule has 106 valence electrons. The SMILES string of the molecule is CCSc1ccccc1NC(=O)c1ccc2nc[nH]c2c1. The number of aromatic amines is 1. The first-order valence-electron chi connectivity index (χ1n) is 6.74. The summed E-state index contributed by atoms with van der Waals surface area (Å²) >= 11 is 1.71. The molecule has 0 bridgehead atoms. The van der Waals surface area contributed by atoms with Gasteiger partial charge in [0.1, 0.15) is 0 Å². The second-order valence-electron chi connectivity index (χ2n) is 4.52. The number of para-hydroxylation sites is 1. The zero-order chi connectivity index (χ0) is 14.7. The lowest BCUT2D eigenvalue weighted by Crippen LogP contribution is -2.12. The van der Waals surface area contributed by atoms with Gasteiger partial charge in [-0.05, 0) is 36.1 Å². The van der Waals surface area contributed by atoms with Gasteiger partial charge in [0, 0.05) is 10.5 Å². The summed E-state index contributed by atoms with van der Waals surface area (Å²) in [6.07, 6.45) is 1.62. The maximum absolute atomic E-state index is 12.4. The van der Waals surface area contributed by atoms with Gasteiger partial charge in [-0.1, -0.05) is 19.1 Å². The quantitative estimate of drug-likeness (QED) is 0.717. The minimum absolute atomic E-state index is 0.115. The van der Waals surface area contributed by atoms with E-state index in [-0.39, 0.29) is 5.91 Å². The summed E-state index contributed by atoms with van der Waals surface area (Å²) in [6.45, 7) is 2.09. The minimum Gasteiger partial charge on any atom is -0.345 e. The Kier molecular flexibility index (Phi) is 3.92. The number of H-pyrrole nitrogens is 1. The summed E-state index contributed by atoms with van der Waals surface area (Å²) in [6, 6.07) is 13.3. The number of nitrogens with zero attached hydrogens (tertiary/aromatic N) is 1. The highest BCUT2D eigenvalue weighted by Crippen LogP contribution is 2.27. The number of fused-ring (bicyclic) bond motifs is 1. The fraction of sp³-hybridized carbons (Fsp3) is 0.125.